The van der Waals surface area contributed by atoms with E-state index in [1.807, 2.05) is 12.1 Å². The van der Waals surface area contributed by atoms with Crippen LogP contribution in [-0.2, 0) is 11.2 Å². The van der Waals surface area contributed by atoms with Crippen molar-refractivity contribution in [1.82, 2.24) is 19.5 Å². The maximum atomic E-state index is 14.9. The lowest BCUT2D eigenvalue weighted by Gasteiger charge is -2.34. The van der Waals surface area contributed by atoms with Gasteiger partial charge in [0.25, 0.3) is 5.91 Å². The molecule has 1 saturated carbocycles. The number of nitrogens with zero attached hydrogens (tertiary/aromatic N) is 4. The van der Waals surface area contributed by atoms with Crippen molar-refractivity contribution < 1.29 is 23.5 Å². The number of hydrogen-bond donors (Lipinski definition) is 1. The van der Waals surface area contributed by atoms with E-state index in [9.17, 15) is 23.5 Å². The topological polar surface area (TPSA) is 87.8 Å². The third kappa shape index (κ3) is 4.02. The molecule has 0 unspecified atom stereocenters. The summed E-state index contributed by atoms with van der Waals surface area (Å²) in [4.78, 5) is 32.0. The van der Waals surface area contributed by atoms with Crippen LogP contribution < -0.4 is 0 Å². The molecule has 6 rings (SSSR count). The van der Waals surface area contributed by atoms with Crippen LogP contribution in [-0.4, -0.2) is 43.0 Å². The van der Waals surface area contributed by atoms with Gasteiger partial charge in [-0.25, -0.2) is 23.1 Å². The zero-order valence-corrected chi connectivity index (χ0v) is 20.6. The highest BCUT2D eigenvalue weighted by molar-refractivity contribution is 6.02. The predicted molar refractivity (Wildman–Crippen MR) is 136 cm³/mol. The Morgan fingerprint density at radius 2 is 1.76 bits per heavy atom. The fourth-order valence-electron chi connectivity index (χ4n) is 5.99. The van der Waals surface area contributed by atoms with Crippen molar-refractivity contribution in [2.24, 2.45) is 0 Å². The van der Waals surface area contributed by atoms with Crippen molar-refractivity contribution in [3.63, 3.8) is 0 Å². The first-order valence-electron chi connectivity index (χ1n) is 12.9. The van der Waals surface area contributed by atoms with E-state index in [-0.39, 0.29) is 23.6 Å². The summed E-state index contributed by atoms with van der Waals surface area (Å²) in [6.07, 6.45) is 8.38. The van der Waals surface area contributed by atoms with Gasteiger partial charge in [-0.2, -0.15) is 5.10 Å². The Kier molecular flexibility index (Phi) is 6.13. The van der Waals surface area contributed by atoms with Gasteiger partial charge in [-0.3, -0.25) is 4.79 Å². The molecule has 1 aliphatic heterocycles. The number of halogens is 2. The lowest BCUT2D eigenvalue weighted by molar-refractivity contribution is -0.143. The zero-order chi connectivity index (χ0) is 26.4. The highest BCUT2D eigenvalue weighted by Gasteiger charge is 2.37. The molecule has 4 aromatic rings. The second-order valence-corrected chi connectivity index (χ2v) is 10.00. The van der Waals surface area contributed by atoms with Gasteiger partial charge in [0.1, 0.15) is 17.2 Å². The number of carbonyl (C=O) groups excluding carboxylic acids is 1. The van der Waals surface area contributed by atoms with Crippen LogP contribution >= 0.6 is 0 Å². The number of amides is 1. The number of fused-ring (bicyclic) bond motifs is 2. The molecule has 0 saturated heterocycles. The summed E-state index contributed by atoms with van der Waals surface area (Å²) in [6.45, 7) is 0.249. The van der Waals surface area contributed by atoms with Crippen LogP contribution in [0.3, 0.4) is 0 Å². The van der Waals surface area contributed by atoms with Crippen LogP contribution in [0, 0.1) is 11.6 Å². The molecule has 9 heteroatoms. The number of carboxylic acid groups (broad SMARTS) is 1. The average molecular weight is 517 g/mol. The quantitative estimate of drug-likeness (QED) is 0.385. The molecule has 38 heavy (non-hydrogen) atoms. The van der Waals surface area contributed by atoms with Gasteiger partial charge in [-0.15, -0.1) is 0 Å². The molecule has 1 fully saturated rings. The largest absolute Gasteiger partial charge is 0.479 e. The lowest BCUT2D eigenvalue weighted by Crippen LogP contribution is -2.43. The third-order valence-electron chi connectivity index (χ3n) is 7.79. The summed E-state index contributed by atoms with van der Waals surface area (Å²) >= 11 is 0. The van der Waals surface area contributed by atoms with Crippen molar-refractivity contribution in [1.29, 1.82) is 0 Å². The van der Waals surface area contributed by atoms with E-state index in [0.29, 0.717) is 23.2 Å². The maximum Gasteiger partial charge on any atom is 0.331 e. The van der Waals surface area contributed by atoms with Crippen molar-refractivity contribution in [3.05, 3.63) is 88.9 Å². The van der Waals surface area contributed by atoms with E-state index in [1.165, 1.54) is 29.4 Å². The molecule has 2 aromatic heterocycles. The molecule has 7 nitrogen and oxygen atoms in total. The van der Waals surface area contributed by atoms with Crippen LogP contribution in [0.15, 0.2) is 54.9 Å². The Hall–Kier alpha value is -4.14. The molecule has 2 aromatic carbocycles. The highest BCUT2D eigenvalue weighted by Crippen LogP contribution is 2.39. The number of aliphatic carboxylic acids is 1. The second kappa shape index (κ2) is 9.63. The zero-order valence-electron chi connectivity index (χ0n) is 20.6. The number of carboxylic acids is 1. The predicted octanol–water partition coefficient (Wildman–Crippen LogP) is 5.55. The van der Waals surface area contributed by atoms with Crippen molar-refractivity contribution in [2.45, 2.75) is 50.5 Å². The minimum Gasteiger partial charge on any atom is -0.479 e. The summed E-state index contributed by atoms with van der Waals surface area (Å²) in [5.74, 6) is -2.87. The van der Waals surface area contributed by atoms with Crippen molar-refractivity contribution in [2.75, 3.05) is 6.54 Å². The van der Waals surface area contributed by atoms with Crippen molar-refractivity contribution in [3.8, 4) is 11.1 Å². The fourth-order valence-corrected chi connectivity index (χ4v) is 5.99. The van der Waals surface area contributed by atoms with Gasteiger partial charge in [0, 0.05) is 35.9 Å². The Morgan fingerprint density at radius 3 is 2.53 bits per heavy atom. The first-order chi connectivity index (χ1) is 18.4. The number of aromatic nitrogens is 3. The van der Waals surface area contributed by atoms with E-state index in [1.54, 1.807) is 16.6 Å². The Bertz CT molecular complexity index is 1560. The molecule has 0 spiro atoms. The molecule has 2 aliphatic rings. The van der Waals surface area contributed by atoms with Crippen molar-refractivity contribution >= 4 is 17.5 Å². The molecule has 1 amide bonds. The van der Waals surface area contributed by atoms with E-state index in [0.717, 1.165) is 49.4 Å². The summed E-state index contributed by atoms with van der Waals surface area (Å²) in [5.41, 5.74) is 3.47. The fraction of sp³-hybridized carbons (Fsp3) is 0.310. The molecule has 0 bridgehead atoms. The van der Waals surface area contributed by atoms with Crippen LogP contribution in [0.2, 0.25) is 0 Å². The minimum absolute atomic E-state index is 0.0604. The second-order valence-electron chi connectivity index (χ2n) is 10.00. The van der Waals surface area contributed by atoms with E-state index in [2.05, 4.69) is 10.1 Å². The maximum absolute atomic E-state index is 14.9. The van der Waals surface area contributed by atoms with E-state index >= 15 is 0 Å². The molecule has 194 valence electrons. The summed E-state index contributed by atoms with van der Waals surface area (Å²) in [7, 11) is 0. The summed E-state index contributed by atoms with van der Waals surface area (Å²) < 4.78 is 30.1. The number of rotatable bonds is 4. The van der Waals surface area contributed by atoms with E-state index in [4.69, 9.17) is 0 Å². The Balaban J connectivity index is 1.47. The van der Waals surface area contributed by atoms with Crippen LogP contribution in [0.5, 0.6) is 0 Å². The number of hydrogen-bond acceptors (Lipinski definition) is 4. The van der Waals surface area contributed by atoms with Gasteiger partial charge < -0.3 is 10.0 Å². The summed E-state index contributed by atoms with van der Waals surface area (Å²) in [6, 6.07) is 9.60. The van der Waals surface area contributed by atoms with Gasteiger partial charge in [0.2, 0.25) is 0 Å². The average Bonchev–Trinajstić information content (AvgIpc) is 3.36. The molecule has 1 aliphatic carbocycles. The first kappa shape index (κ1) is 24.2. The van der Waals surface area contributed by atoms with Gasteiger partial charge in [0.15, 0.2) is 11.7 Å². The summed E-state index contributed by atoms with van der Waals surface area (Å²) in [5, 5.41) is 14.6. The molecule has 1 atom stereocenters. The minimum atomic E-state index is -1.12. The first-order valence-corrected chi connectivity index (χ1v) is 12.9. The normalized spacial score (nSPS) is 17.9. The third-order valence-corrected chi connectivity index (χ3v) is 7.79. The van der Waals surface area contributed by atoms with Crippen LogP contribution in [0.4, 0.5) is 8.78 Å². The molecular weight excluding hydrogens is 490 g/mol. The lowest BCUT2D eigenvalue weighted by atomic mass is 9.84. The van der Waals surface area contributed by atoms with Crippen LogP contribution in [0.1, 0.15) is 71.2 Å². The monoisotopic (exact) mass is 516 g/mol. The van der Waals surface area contributed by atoms with Gasteiger partial charge >= 0.3 is 5.97 Å². The Labute approximate surface area is 217 Å². The number of carbonyl (C=O) groups is 2. The smallest absolute Gasteiger partial charge is 0.331 e. The molecule has 3 heterocycles. The molecule has 1 N–H and O–H groups in total. The SMILES string of the molecule is O=C(O)[C@@H]1c2ccccc2CCN1C(=O)c1cnn2c(C3CCCCC3)c(-c3ccc(F)cc3F)cnc12. The molecular formula is C29H26F2N4O3. The number of benzene rings is 2. The standard InChI is InChI=1S/C29H26F2N4O3/c30-19-10-11-21(24(31)14-19)22-15-32-27-23(16-33-35(27)25(22)18-7-2-1-3-8-18)28(36)34-13-12-17-6-4-5-9-20(17)26(34)29(37)38/h4-6,9-11,14-16,18,26H,1-3,7-8,12-13H2,(H,37,38)/t26-/m0/s1. The van der Waals surface area contributed by atoms with E-state index < -0.39 is 29.6 Å². The highest BCUT2D eigenvalue weighted by atomic mass is 19.1. The molecule has 0 radical (unpaired) electrons. The van der Waals surface area contributed by atoms with Gasteiger partial charge in [-0.1, -0.05) is 43.5 Å². The van der Waals surface area contributed by atoms with Gasteiger partial charge in [-0.05, 0) is 42.5 Å². The van der Waals surface area contributed by atoms with Crippen LogP contribution in [0.25, 0.3) is 16.8 Å². The Morgan fingerprint density at radius 1 is 0.974 bits per heavy atom. The van der Waals surface area contributed by atoms with Gasteiger partial charge in [0.05, 0.1) is 11.9 Å².